The first-order chi connectivity index (χ1) is 9.65. The molecule has 0 aliphatic carbocycles. The highest BCUT2D eigenvalue weighted by molar-refractivity contribution is 6.05. The molecule has 1 aromatic heterocycles. The van der Waals surface area contributed by atoms with Crippen LogP contribution in [0.15, 0.2) is 42.6 Å². The van der Waals surface area contributed by atoms with Gasteiger partial charge >= 0.3 is 0 Å². The molecule has 100 valence electrons. The highest BCUT2D eigenvalue weighted by Crippen LogP contribution is 2.17. The SMILES string of the molecule is CN(C(=O)c1ccnc(CN)c1)c1cccc(C#N)c1. The van der Waals surface area contributed by atoms with Gasteiger partial charge < -0.3 is 10.6 Å². The molecule has 2 rings (SSSR count). The largest absolute Gasteiger partial charge is 0.325 e. The second-order valence-electron chi connectivity index (χ2n) is 4.27. The summed E-state index contributed by atoms with van der Waals surface area (Å²) in [4.78, 5) is 17.9. The van der Waals surface area contributed by atoms with E-state index in [-0.39, 0.29) is 12.5 Å². The molecule has 5 heteroatoms. The minimum absolute atomic E-state index is 0.169. The molecular weight excluding hydrogens is 252 g/mol. The number of amides is 1. The Morgan fingerprint density at radius 2 is 2.20 bits per heavy atom. The second kappa shape index (κ2) is 5.95. The fraction of sp³-hybridized carbons (Fsp3) is 0.133. The van der Waals surface area contributed by atoms with Gasteiger partial charge in [-0.25, -0.2) is 0 Å². The maximum absolute atomic E-state index is 12.4. The summed E-state index contributed by atoms with van der Waals surface area (Å²) in [5.41, 5.74) is 7.88. The lowest BCUT2D eigenvalue weighted by atomic mass is 10.1. The summed E-state index contributed by atoms with van der Waals surface area (Å²) >= 11 is 0. The number of hydrogen-bond donors (Lipinski definition) is 1. The summed E-state index contributed by atoms with van der Waals surface area (Å²) in [5, 5.41) is 8.89. The number of benzene rings is 1. The summed E-state index contributed by atoms with van der Waals surface area (Å²) in [6.07, 6.45) is 1.56. The molecule has 0 aliphatic heterocycles. The Kier molecular flexibility index (Phi) is 4.08. The van der Waals surface area contributed by atoms with Gasteiger partial charge in [-0.05, 0) is 30.3 Å². The minimum atomic E-state index is -0.169. The van der Waals surface area contributed by atoms with E-state index in [4.69, 9.17) is 11.0 Å². The van der Waals surface area contributed by atoms with E-state index in [1.807, 2.05) is 0 Å². The third-order valence-electron chi connectivity index (χ3n) is 2.94. The number of nitriles is 1. The molecule has 0 unspecified atom stereocenters. The molecule has 0 bridgehead atoms. The fourth-order valence-corrected chi connectivity index (χ4v) is 1.82. The van der Waals surface area contributed by atoms with E-state index < -0.39 is 0 Å². The Morgan fingerprint density at radius 3 is 2.90 bits per heavy atom. The van der Waals surface area contributed by atoms with E-state index in [0.717, 1.165) is 0 Å². The van der Waals surface area contributed by atoms with Crippen LogP contribution in [0.25, 0.3) is 0 Å². The van der Waals surface area contributed by atoms with Crippen LogP contribution in [0.2, 0.25) is 0 Å². The first-order valence-electron chi connectivity index (χ1n) is 6.09. The smallest absolute Gasteiger partial charge is 0.258 e. The molecule has 2 aromatic rings. The predicted molar refractivity (Wildman–Crippen MR) is 76.0 cm³/mol. The van der Waals surface area contributed by atoms with Crippen LogP contribution >= 0.6 is 0 Å². The topological polar surface area (TPSA) is 83.0 Å². The Morgan fingerprint density at radius 1 is 1.40 bits per heavy atom. The van der Waals surface area contributed by atoms with Crippen LogP contribution in [-0.2, 0) is 6.54 Å². The van der Waals surface area contributed by atoms with Crippen molar-refractivity contribution >= 4 is 11.6 Å². The number of anilines is 1. The van der Waals surface area contributed by atoms with Gasteiger partial charge in [0.1, 0.15) is 0 Å². The van der Waals surface area contributed by atoms with Gasteiger partial charge in [0.15, 0.2) is 0 Å². The molecule has 20 heavy (non-hydrogen) atoms. The van der Waals surface area contributed by atoms with Crippen LogP contribution in [0.1, 0.15) is 21.6 Å². The number of nitrogens with zero attached hydrogens (tertiary/aromatic N) is 3. The van der Waals surface area contributed by atoms with Crippen molar-refractivity contribution in [2.45, 2.75) is 6.54 Å². The zero-order valence-corrected chi connectivity index (χ0v) is 11.1. The maximum Gasteiger partial charge on any atom is 0.258 e. The average molecular weight is 266 g/mol. The minimum Gasteiger partial charge on any atom is -0.325 e. The van der Waals surface area contributed by atoms with Gasteiger partial charge in [0.2, 0.25) is 0 Å². The van der Waals surface area contributed by atoms with Crippen LogP contribution < -0.4 is 10.6 Å². The molecule has 1 amide bonds. The Bertz CT molecular complexity index is 676. The molecule has 0 spiro atoms. The van der Waals surface area contributed by atoms with E-state index >= 15 is 0 Å². The normalized spacial score (nSPS) is 9.85. The van der Waals surface area contributed by atoms with Gasteiger partial charge in [-0.3, -0.25) is 9.78 Å². The summed E-state index contributed by atoms with van der Waals surface area (Å²) in [5.74, 6) is -0.169. The van der Waals surface area contributed by atoms with E-state index in [1.165, 1.54) is 4.90 Å². The molecular formula is C15H14N4O. The first-order valence-corrected chi connectivity index (χ1v) is 6.09. The number of rotatable bonds is 3. The molecule has 0 radical (unpaired) electrons. The first kappa shape index (κ1) is 13.7. The summed E-state index contributed by atoms with van der Waals surface area (Å²) in [6.45, 7) is 0.286. The molecule has 5 nitrogen and oxygen atoms in total. The third kappa shape index (κ3) is 2.82. The Balaban J connectivity index is 2.30. The van der Waals surface area contributed by atoms with Gasteiger partial charge in [-0.1, -0.05) is 6.07 Å². The monoisotopic (exact) mass is 266 g/mol. The van der Waals surface area contributed by atoms with Crippen molar-refractivity contribution in [2.24, 2.45) is 5.73 Å². The van der Waals surface area contributed by atoms with Crippen molar-refractivity contribution in [3.05, 3.63) is 59.4 Å². The molecule has 1 aromatic carbocycles. The number of pyridine rings is 1. The predicted octanol–water partition coefficient (Wildman–Crippen LogP) is 1.69. The Hall–Kier alpha value is -2.71. The second-order valence-corrected chi connectivity index (χ2v) is 4.27. The molecule has 0 atom stereocenters. The number of hydrogen-bond acceptors (Lipinski definition) is 4. The van der Waals surface area contributed by atoms with Crippen molar-refractivity contribution in [2.75, 3.05) is 11.9 Å². The molecule has 0 saturated carbocycles. The van der Waals surface area contributed by atoms with Crippen molar-refractivity contribution in [1.82, 2.24) is 4.98 Å². The molecule has 1 heterocycles. The van der Waals surface area contributed by atoms with Gasteiger partial charge in [0.05, 0.1) is 17.3 Å². The van der Waals surface area contributed by atoms with Crippen LogP contribution in [0, 0.1) is 11.3 Å². The van der Waals surface area contributed by atoms with E-state index in [9.17, 15) is 4.79 Å². The molecule has 2 N–H and O–H groups in total. The lowest BCUT2D eigenvalue weighted by Gasteiger charge is -2.17. The highest BCUT2D eigenvalue weighted by Gasteiger charge is 2.14. The van der Waals surface area contributed by atoms with E-state index in [2.05, 4.69) is 11.1 Å². The number of nitrogens with two attached hydrogens (primary N) is 1. The molecule has 0 saturated heterocycles. The number of aromatic nitrogens is 1. The summed E-state index contributed by atoms with van der Waals surface area (Å²) < 4.78 is 0. The quantitative estimate of drug-likeness (QED) is 0.916. The lowest BCUT2D eigenvalue weighted by molar-refractivity contribution is 0.0993. The zero-order chi connectivity index (χ0) is 14.5. The van der Waals surface area contributed by atoms with Gasteiger partial charge in [0, 0.05) is 31.0 Å². The van der Waals surface area contributed by atoms with Crippen LogP contribution in [0.5, 0.6) is 0 Å². The van der Waals surface area contributed by atoms with Gasteiger partial charge in [-0.15, -0.1) is 0 Å². The van der Waals surface area contributed by atoms with E-state index in [0.29, 0.717) is 22.5 Å². The van der Waals surface area contributed by atoms with Crippen molar-refractivity contribution in [3.8, 4) is 6.07 Å². The van der Waals surface area contributed by atoms with Crippen molar-refractivity contribution in [3.63, 3.8) is 0 Å². The summed E-state index contributed by atoms with van der Waals surface area (Å²) in [7, 11) is 1.67. The molecule has 0 aliphatic rings. The fourth-order valence-electron chi connectivity index (χ4n) is 1.82. The summed E-state index contributed by atoms with van der Waals surface area (Å²) in [6, 6.07) is 12.3. The van der Waals surface area contributed by atoms with Crippen molar-refractivity contribution < 1.29 is 4.79 Å². The number of carbonyl (C=O) groups is 1. The maximum atomic E-state index is 12.4. The average Bonchev–Trinajstić information content (AvgIpc) is 2.53. The van der Waals surface area contributed by atoms with Crippen molar-refractivity contribution in [1.29, 1.82) is 5.26 Å². The van der Waals surface area contributed by atoms with E-state index in [1.54, 1.807) is 49.6 Å². The Labute approximate surface area is 117 Å². The molecule has 0 fully saturated rings. The van der Waals surface area contributed by atoms with Crippen LogP contribution in [0.4, 0.5) is 5.69 Å². The number of carbonyl (C=O) groups excluding carboxylic acids is 1. The van der Waals surface area contributed by atoms with Gasteiger partial charge in [0.25, 0.3) is 5.91 Å². The van der Waals surface area contributed by atoms with Crippen LogP contribution in [0.3, 0.4) is 0 Å². The zero-order valence-electron chi connectivity index (χ0n) is 11.1. The van der Waals surface area contributed by atoms with Gasteiger partial charge in [-0.2, -0.15) is 5.26 Å². The van der Waals surface area contributed by atoms with Crippen LogP contribution in [-0.4, -0.2) is 17.9 Å². The third-order valence-corrected chi connectivity index (χ3v) is 2.94. The standard InChI is InChI=1S/C15H14N4O/c1-19(14-4-2-3-11(7-14)9-16)15(20)12-5-6-18-13(8-12)10-17/h2-8H,10,17H2,1H3. The lowest BCUT2D eigenvalue weighted by Crippen LogP contribution is -2.26. The highest BCUT2D eigenvalue weighted by atomic mass is 16.2.